The van der Waals surface area contributed by atoms with Crippen LogP contribution >= 0.6 is 0 Å². The van der Waals surface area contributed by atoms with Crippen molar-refractivity contribution in [2.75, 3.05) is 26.7 Å². The molecule has 2 aromatic rings. The molecule has 1 saturated heterocycles. The Labute approximate surface area is 193 Å². The summed E-state index contributed by atoms with van der Waals surface area (Å²) in [6.45, 7) is 13.2. The number of nitrogens with one attached hydrogen (secondary N) is 1. The summed E-state index contributed by atoms with van der Waals surface area (Å²) in [6, 6.07) is 11.5. The first-order chi connectivity index (χ1) is 15.7. The van der Waals surface area contributed by atoms with Crippen molar-refractivity contribution in [2.24, 2.45) is 0 Å². The molecule has 1 fully saturated rings. The highest BCUT2D eigenvalue weighted by molar-refractivity contribution is 5.81. The van der Waals surface area contributed by atoms with E-state index in [-0.39, 0.29) is 29.8 Å². The number of hydrogen-bond donors (Lipinski definition) is 1. The van der Waals surface area contributed by atoms with Crippen molar-refractivity contribution >= 4 is 17.3 Å². The summed E-state index contributed by atoms with van der Waals surface area (Å²) >= 11 is 0. The molecule has 1 aliphatic rings. The third-order valence-electron chi connectivity index (χ3n) is 5.77. The van der Waals surface area contributed by atoms with Gasteiger partial charge in [-0.1, -0.05) is 56.1 Å². The molecule has 0 aliphatic carbocycles. The fourth-order valence-corrected chi connectivity index (χ4v) is 3.82. The van der Waals surface area contributed by atoms with Crippen LogP contribution in [0.5, 0.6) is 5.88 Å². The van der Waals surface area contributed by atoms with Crippen molar-refractivity contribution in [3.8, 4) is 5.88 Å². The number of likely N-dealkylation sites (tertiary alicyclic amines) is 1. The van der Waals surface area contributed by atoms with Gasteiger partial charge in [-0.05, 0) is 38.5 Å². The fraction of sp³-hybridized carbons (Fsp3) is 0.346. The van der Waals surface area contributed by atoms with Crippen LogP contribution in [0, 0.1) is 0 Å². The molecule has 0 atom stereocenters. The molecule has 0 bridgehead atoms. The molecule has 3 rings (SSSR count). The summed E-state index contributed by atoms with van der Waals surface area (Å²) < 4.78 is 46.4. The van der Waals surface area contributed by atoms with Gasteiger partial charge in [0.05, 0.1) is 17.9 Å². The second-order valence-corrected chi connectivity index (χ2v) is 8.24. The van der Waals surface area contributed by atoms with E-state index in [1.165, 1.54) is 6.08 Å². The van der Waals surface area contributed by atoms with E-state index in [0.717, 1.165) is 31.5 Å². The molecule has 0 spiro atoms. The van der Waals surface area contributed by atoms with Crippen LogP contribution in [0.1, 0.15) is 35.2 Å². The van der Waals surface area contributed by atoms with Gasteiger partial charge in [-0.3, -0.25) is 0 Å². The van der Waals surface area contributed by atoms with E-state index in [4.69, 9.17) is 4.74 Å². The minimum absolute atomic E-state index is 0.0956. The fourth-order valence-electron chi connectivity index (χ4n) is 3.82. The Kier molecular flexibility index (Phi) is 7.97. The van der Waals surface area contributed by atoms with E-state index in [2.05, 4.69) is 42.0 Å². The maximum atomic E-state index is 13.5. The first-order valence-electron chi connectivity index (χ1n) is 10.9. The Hall–Kier alpha value is -3.06. The zero-order valence-corrected chi connectivity index (χ0v) is 18.9. The number of halogens is 3. The number of alkyl halides is 3. The van der Waals surface area contributed by atoms with Crippen LogP contribution in [0.15, 0.2) is 56.1 Å². The standard InChI is InChI=1S/C26H30F3N3O/c1-5-22-23(19(3)30-21-11-14-32(4)15-12-21)17-24(31-25(22)18(2)26(27,28)29)33-16-13-20-9-7-6-8-10-20/h5-10,17,21,30H,1-3,11-16H2,4H3. The summed E-state index contributed by atoms with van der Waals surface area (Å²) in [5, 5.41) is 3.38. The number of rotatable bonds is 9. The summed E-state index contributed by atoms with van der Waals surface area (Å²) in [5.41, 5.74) is 0.960. The molecule has 1 aliphatic heterocycles. The van der Waals surface area contributed by atoms with E-state index >= 15 is 0 Å². The maximum Gasteiger partial charge on any atom is 0.417 e. The zero-order valence-electron chi connectivity index (χ0n) is 18.9. The predicted molar refractivity (Wildman–Crippen MR) is 128 cm³/mol. The van der Waals surface area contributed by atoms with Gasteiger partial charge in [0.15, 0.2) is 0 Å². The summed E-state index contributed by atoms with van der Waals surface area (Å²) in [7, 11) is 2.07. The van der Waals surface area contributed by atoms with Crippen molar-refractivity contribution in [1.82, 2.24) is 15.2 Å². The molecule has 1 aromatic heterocycles. The quantitative estimate of drug-likeness (QED) is 0.534. The molecule has 33 heavy (non-hydrogen) atoms. The molecule has 0 saturated carbocycles. The molecular weight excluding hydrogens is 427 g/mol. The predicted octanol–water partition coefficient (Wildman–Crippen LogP) is 5.58. The van der Waals surface area contributed by atoms with E-state index in [9.17, 15) is 13.2 Å². The molecular formula is C26H30F3N3O. The zero-order chi connectivity index (χ0) is 24.0. The minimum Gasteiger partial charge on any atom is -0.477 e. The van der Waals surface area contributed by atoms with Crippen LogP contribution in [0.2, 0.25) is 0 Å². The van der Waals surface area contributed by atoms with Gasteiger partial charge < -0.3 is 15.0 Å². The largest absolute Gasteiger partial charge is 0.477 e. The molecule has 7 heteroatoms. The van der Waals surface area contributed by atoms with Crippen LogP contribution in [-0.4, -0.2) is 48.8 Å². The number of pyridine rings is 1. The average Bonchev–Trinajstić information content (AvgIpc) is 2.79. The van der Waals surface area contributed by atoms with Crippen LogP contribution < -0.4 is 10.1 Å². The van der Waals surface area contributed by atoms with Gasteiger partial charge in [0.2, 0.25) is 5.88 Å². The molecule has 2 heterocycles. The number of hydrogen-bond acceptors (Lipinski definition) is 4. The highest BCUT2D eigenvalue weighted by Crippen LogP contribution is 2.37. The summed E-state index contributed by atoms with van der Waals surface area (Å²) in [4.78, 5) is 6.40. The SMILES string of the molecule is C=Cc1c(C(=C)NC2CCN(C)CC2)cc(OCCc2ccccc2)nc1C(=C)C(F)(F)F. The second-order valence-electron chi connectivity index (χ2n) is 8.24. The van der Waals surface area contributed by atoms with Crippen molar-refractivity contribution in [3.63, 3.8) is 0 Å². The maximum absolute atomic E-state index is 13.5. The number of piperidine rings is 1. The van der Waals surface area contributed by atoms with Crippen molar-refractivity contribution < 1.29 is 17.9 Å². The molecule has 4 nitrogen and oxygen atoms in total. The summed E-state index contributed by atoms with van der Waals surface area (Å²) in [6.07, 6.45) is -0.818. The van der Waals surface area contributed by atoms with E-state index < -0.39 is 11.7 Å². The van der Waals surface area contributed by atoms with E-state index in [0.29, 0.717) is 17.7 Å². The van der Waals surface area contributed by atoms with Crippen molar-refractivity contribution in [3.05, 3.63) is 78.5 Å². The third kappa shape index (κ3) is 6.48. The Morgan fingerprint density at radius 2 is 1.88 bits per heavy atom. The number of nitrogens with zero attached hydrogens (tertiary/aromatic N) is 2. The Balaban J connectivity index is 1.88. The molecule has 0 radical (unpaired) electrons. The van der Waals surface area contributed by atoms with Crippen LogP contribution in [0.4, 0.5) is 13.2 Å². The van der Waals surface area contributed by atoms with Gasteiger partial charge in [-0.2, -0.15) is 13.2 Å². The lowest BCUT2D eigenvalue weighted by molar-refractivity contribution is -0.0689. The smallest absolute Gasteiger partial charge is 0.417 e. The lowest BCUT2D eigenvalue weighted by atomic mass is 9.98. The monoisotopic (exact) mass is 457 g/mol. The van der Waals surface area contributed by atoms with Gasteiger partial charge in [-0.15, -0.1) is 0 Å². The van der Waals surface area contributed by atoms with Crippen LogP contribution in [0.3, 0.4) is 0 Å². The number of allylic oxidation sites excluding steroid dienone is 1. The van der Waals surface area contributed by atoms with Gasteiger partial charge >= 0.3 is 6.18 Å². The third-order valence-corrected chi connectivity index (χ3v) is 5.77. The molecule has 0 amide bonds. The molecule has 176 valence electrons. The average molecular weight is 458 g/mol. The number of ether oxygens (including phenoxy) is 1. The topological polar surface area (TPSA) is 37.4 Å². The Morgan fingerprint density at radius 3 is 2.48 bits per heavy atom. The van der Waals surface area contributed by atoms with E-state index in [1.807, 2.05) is 30.3 Å². The van der Waals surface area contributed by atoms with Gasteiger partial charge in [0.1, 0.15) is 0 Å². The first-order valence-corrected chi connectivity index (χ1v) is 10.9. The first kappa shape index (κ1) is 24.6. The number of benzene rings is 1. The van der Waals surface area contributed by atoms with Gasteiger partial charge in [-0.25, -0.2) is 4.98 Å². The lowest BCUT2D eigenvalue weighted by Gasteiger charge is -2.31. The normalized spacial score (nSPS) is 15.2. The van der Waals surface area contributed by atoms with Gasteiger partial charge in [0.25, 0.3) is 0 Å². The van der Waals surface area contributed by atoms with E-state index in [1.54, 1.807) is 6.07 Å². The Bertz CT molecular complexity index is 994. The molecule has 1 N–H and O–H groups in total. The minimum atomic E-state index is -4.63. The molecule has 0 unspecified atom stereocenters. The summed E-state index contributed by atoms with van der Waals surface area (Å²) in [5.74, 6) is 0.0956. The second kappa shape index (κ2) is 10.7. The van der Waals surface area contributed by atoms with Crippen molar-refractivity contribution in [2.45, 2.75) is 31.5 Å². The number of aromatic nitrogens is 1. The van der Waals surface area contributed by atoms with Crippen LogP contribution in [-0.2, 0) is 6.42 Å². The highest BCUT2D eigenvalue weighted by Gasteiger charge is 2.36. The van der Waals surface area contributed by atoms with Gasteiger partial charge in [0, 0.05) is 35.4 Å². The highest BCUT2D eigenvalue weighted by atomic mass is 19.4. The van der Waals surface area contributed by atoms with Crippen molar-refractivity contribution in [1.29, 1.82) is 0 Å². The lowest BCUT2D eigenvalue weighted by Crippen LogP contribution is -2.40. The molecule has 1 aromatic carbocycles. The Morgan fingerprint density at radius 1 is 1.21 bits per heavy atom. The van der Waals surface area contributed by atoms with Crippen LogP contribution in [0.25, 0.3) is 17.3 Å².